The van der Waals surface area contributed by atoms with Gasteiger partial charge in [-0.1, -0.05) is 30.3 Å². The van der Waals surface area contributed by atoms with Gasteiger partial charge < -0.3 is 19.6 Å². The molecule has 0 radical (unpaired) electrons. The van der Waals surface area contributed by atoms with Gasteiger partial charge in [-0.25, -0.2) is 9.78 Å². The van der Waals surface area contributed by atoms with Crippen molar-refractivity contribution in [2.75, 3.05) is 19.8 Å². The second-order valence-electron chi connectivity index (χ2n) is 4.78. The zero-order valence-corrected chi connectivity index (χ0v) is 12.5. The van der Waals surface area contributed by atoms with Crippen molar-refractivity contribution in [1.82, 2.24) is 10.3 Å². The summed E-state index contributed by atoms with van der Waals surface area (Å²) in [5.41, 5.74) is 0.936. The normalized spacial score (nSPS) is 10.4. The van der Waals surface area contributed by atoms with Crippen molar-refractivity contribution in [3.05, 3.63) is 42.4 Å². The van der Waals surface area contributed by atoms with Gasteiger partial charge in [-0.2, -0.15) is 0 Å². The Labute approximate surface area is 133 Å². The lowest BCUT2D eigenvalue weighted by Crippen LogP contribution is -2.28. The van der Waals surface area contributed by atoms with E-state index in [-0.39, 0.29) is 32.1 Å². The summed E-state index contributed by atoms with van der Waals surface area (Å²) in [5, 5.41) is 11.0. The Bertz CT molecular complexity index is 639. The number of carbonyl (C=O) groups is 2. The fourth-order valence-corrected chi connectivity index (χ4v) is 1.89. The molecule has 1 aromatic heterocycles. The van der Waals surface area contributed by atoms with Crippen LogP contribution in [0.15, 0.2) is 40.9 Å². The summed E-state index contributed by atoms with van der Waals surface area (Å²) >= 11 is 0. The van der Waals surface area contributed by atoms with Crippen molar-refractivity contribution < 1.29 is 23.8 Å². The lowest BCUT2D eigenvalue weighted by Gasteiger charge is -2.04. The van der Waals surface area contributed by atoms with Gasteiger partial charge in [0, 0.05) is 24.9 Å². The maximum atomic E-state index is 11.6. The van der Waals surface area contributed by atoms with Gasteiger partial charge in [-0.15, -0.1) is 0 Å². The maximum absolute atomic E-state index is 11.6. The molecule has 1 heterocycles. The van der Waals surface area contributed by atoms with Crippen LogP contribution in [0.1, 0.15) is 12.3 Å². The molecule has 0 aliphatic carbocycles. The largest absolute Gasteiger partial charge is 0.480 e. The van der Waals surface area contributed by atoms with Crippen molar-refractivity contribution >= 4 is 11.9 Å². The first-order chi connectivity index (χ1) is 11.1. The second-order valence-corrected chi connectivity index (χ2v) is 4.78. The van der Waals surface area contributed by atoms with E-state index < -0.39 is 5.97 Å². The van der Waals surface area contributed by atoms with Crippen LogP contribution in [0.2, 0.25) is 0 Å². The smallest absolute Gasteiger partial charge is 0.329 e. The van der Waals surface area contributed by atoms with E-state index in [9.17, 15) is 9.59 Å². The van der Waals surface area contributed by atoms with Crippen LogP contribution in [-0.4, -0.2) is 41.7 Å². The van der Waals surface area contributed by atoms with E-state index >= 15 is 0 Å². The average molecular weight is 318 g/mol. The van der Waals surface area contributed by atoms with E-state index in [0.717, 1.165) is 5.56 Å². The van der Waals surface area contributed by atoms with Crippen molar-refractivity contribution in [1.29, 1.82) is 0 Å². The monoisotopic (exact) mass is 318 g/mol. The summed E-state index contributed by atoms with van der Waals surface area (Å²) in [4.78, 5) is 26.0. The first kappa shape index (κ1) is 16.7. The van der Waals surface area contributed by atoms with Crippen LogP contribution in [0.4, 0.5) is 0 Å². The quantitative estimate of drug-likeness (QED) is 0.679. The number of carboxylic acid groups (broad SMARTS) is 1. The summed E-state index contributed by atoms with van der Waals surface area (Å²) < 4.78 is 10.4. The highest BCUT2D eigenvalue weighted by molar-refractivity contribution is 5.76. The number of rotatable bonds is 9. The third-order valence-corrected chi connectivity index (χ3v) is 2.97. The van der Waals surface area contributed by atoms with E-state index in [1.54, 1.807) is 6.20 Å². The van der Waals surface area contributed by atoms with Gasteiger partial charge >= 0.3 is 5.97 Å². The molecule has 0 atom stereocenters. The standard InChI is InChI=1S/C16H18N2O5/c19-14(17-8-9-22-11-16(20)21)6-7-15-18-10-13(23-15)12-4-2-1-3-5-12/h1-5,10H,6-9,11H2,(H,17,19)(H,20,21). The molecule has 0 saturated heterocycles. The molecule has 0 aliphatic heterocycles. The molecule has 0 unspecified atom stereocenters. The van der Waals surface area contributed by atoms with Crippen LogP contribution in [-0.2, 0) is 20.7 Å². The number of hydrogen-bond acceptors (Lipinski definition) is 5. The molecule has 7 heteroatoms. The Morgan fingerprint density at radius 1 is 1.26 bits per heavy atom. The van der Waals surface area contributed by atoms with Gasteiger partial charge in [0.05, 0.1) is 12.8 Å². The second kappa shape index (κ2) is 8.70. The number of benzene rings is 1. The summed E-state index contributed by atoms with van der Waals surface area (Å²) in [6, 6.07) is 9.60. The summed E-state index contributed by atoms with van der Waals surface area (Å²) in [5.74, 6) is -0.0259. The van der Waals surface area contributed by atoms with Crippen LogP contribution >= 0.6 is 0 Å². The van der Waals surface area contributed by atoms with E-state index in [1.165, 1.54) is 0 Å². The molecule has 23 heavy (non-hydrogen) atoms. The Morgan fingerprint density at radius 3 is 2.78 bits per heavy atom. The van der Waals surface area contributed by atoms with E-state index in [1.807, 2.05) is 30.3 Å². The van der Waals surface area contributed by atoms with Crippen LogP contribution in [0, 0.1) is 0 Å². The fourth-order valence-electron chi connectivity index (χ4n) is 1.89. The number of aliphatic carboxylic acids is 1. The van der Waals surface area contributed by atoms with Gasteiger partial charge in [0.25, 0.3) is 0 Å². The number of aryl methyl sites for hydroxylation is 1. The molecule has 122 valence electrons. The number of nitrogens with one attached hydrogen (secondary N) is 1. The number of aromatic nitrogens is 1. The van der Waals surface area contributed by atoms with Crippen molar-refractivity contribution in [3.63, 3.8) is 0 Å². The van der Waals surface area contributed by atoms with Crippen LogP contribution in [0.5, 0.6) is 0 Å². The van der Waals surface area contributed by atoms with Crippen molar-refractivity contribution in [3.8, 4) is 11.3 Å². The van der Waals surface area contributed by atoms with Gasteiger partial charge in [0.1, 0.15) is 6.61 Å². The molecular formula is C16H18N2O5. The first-order valence-corrected chi connectivity index (χ1v) is 7.21. The predicted molar refractivity (Wildman–Crippen MR) is 81.7 cm³/mol. The number of oxazole rings is 1. The minimum atomic E-state index is -1.03. The molecule has 7 nitrogen and oxygen atoms in total. The number of carboxylic acids is 1. The Hall–Kier alpha value is -2.67. The van der Waals surface area contributed by atoms with Gasteiger partial charge in [-0.3, -0.25) is 4.79 Å². The lowest BCUT2D eigenvalue weighted by molar-refractivity contribution is -0.142. The Morgan fingerprint density at radius 2 is 2.04 bits per heavy atom. The number of amides is 1. The number of nitrogens with zero attached hydrogens (tertiary/aromatic N) is 1. The van der Waals surface area contributed by atoms with Crippen LogP contribution in [0.3, 0.4) is 0 Å². The van der Waals surface area contributed by atoms with E-state index in [4.69, 9.17) is 14.3 Å². The predicted octanol–water partition coefficient (Wildman–Crippen LogP) is 1.49. The first-order valence-electron chi connectivity index (χ1n) is 7.21. The highest BCUT2D eigenvalue weighted by Gasteiger charge is 2.08. The molecule has 0 fully saturated rings. The molecule has 0 aliphatic rings. The molecular weight excluding hydrogens is 300 g/mol. The molecule has 0 saturated carbocycles. The van der Waals surface area contributed by atoms with Crippen LogP contribution < -0.4 is 5.32 Å². The molecule has 2 rings (SSSR count). The zero-order valence-electron chi connectivity index (χ0n) is 12.5. The highest BCUT2D eigenvalue weighted by Crippen LogP contribution is 2.20. The highest BCUT2D eigenvalue weighted by atomic mass is 16.5. The molecule has 0 spiro atoms. The van der Waals surface area contributed by atoms with Crippen LogP contribution in [0.25, 0.3) is 11.3 Å². The lowest BCUT2D eigenvalue weighted by atomic mass is 10.2. The van der Waals surface area contributed by atoms with Crippen molar-refractivity contribution in [2.45, 2.75) is 12.8 Å². The molecule has 1 aromatic carbocycles. The third-order valence-electron chi connectivity index (χ3n) is 2.97. The van der Waals surface area contributed by atoms with Gasteiger partial charge in [0.2, 0.25) is 5.91 Å². The number of ether oxygens (including phenoxy) is 1. The van der Waals surface area contributed by atoms with Gasteiger partial charge in [-0.05, 0) is 0 Å². The molecule has 2 N–H and O–H groups in total. The zero-order chi connectivity index (χ0) is 16.5. The Kier molecular flexibility index (Phi) is 6.31. The van der Waals surface area contributed by atoms with Gasteiger partial charge in [0.15, 0.2) is 11.7 Å². The number of carbonyl (C=O) groups excluding carboxylic acids is 1. The maximum Gasteiger partial charge on any atom is 0.329 e. The summed E-state index contributed by atoms with van der Waals surface area (Å²) in [6.45, 7) is 0.0661. The van der Waals surface area contributed by atoms with E-state index in [0.29, 0.717) is 18.1 Å². The third kappa shape index (κ3) is 5.91. The number of hydrogen-bond donors (Lipinski definition) is 2. The summed E-state index contributed by atoms with van der Waals surface area (Å²) in [7, 11) is 0. The minimum absolute atomic E-state index is 0.162. The van der Waals surface area contributed by atoms with Crippen molar-refractivity contribution in [2.24, 2.45) is 0 Å². The van der Waals surface area contributed by atoms with E-state index in [2.05, 4.69) is 10.3 Å². The average Bonchev–Trinajstić information content (AvgIpc) is 3.02. The molecule has 1 amide bonds. The molecule has 0 bridgehead atoms. The summed E-state index contributed by atoms with van der Waals surface area (Å²) in [6.07, 6.45) is 2.28. The fraction of sp³-hybridized carbons (Fsp3) is 0.312. The minimum Gasteiger partial charge on any atom is -0.480 e. The topological polar surface area (TPSA) is 102 Å². The SMILES string of the molecule is O=C(O)COCCNC(=O)CCc1ncc(-c2ccccc2)o1. The Balaban J connectivity index is 1.69. The molecule has 2 aromatic rings.